The summed E-state index contributed by atoms with van der Waals surface area (Å²) in [6.45, 7) is 6.55. The lowest BCUT2D eigenvalue weighted by Gasteiger charge is -2.19. The molecule has 0 aliphatic heterocycles. The number of hydrogen-bond acceptors (Lipinski definition) is 4. The summed E-state index contributed by atoms with van der Waals surface area (Å²) in [7, 11) is 0. The van der Waals surface area contributed by atoms with Gasteiger partial charge in [-0.2, -0.15) is 0 Å². The number of hydrogen-bond donors (Lipinski definition) is 1. The Kier molecular flexibility index (Phi) is 4.04. The first-order chi connectivity index (χ1) is 8.70. The summed E-state index contributed by atoms with van der Waals surface area (Å²) < 4.78 is 1.67. The average molecular weight is 245 g/mol. The van der Waals surface area contributed by atoms with E-state index in [1.54, 1.807) is 11.0 Å². The van der Waals surface area contributed by atoms with Gasteiger partial charge in [0.15, 0.2) is 0 Å². The van der Waals surface area contributed by atoms with Gasteiger partial charge in [0.25, 0.3) is 0 Å². The molecule has 0 bridgehead atoms. The molecule has 1 aromatic heterocycles. The van der Waals surface area contributed by atoms with Crippen LogP contribution in [-0.2, 0) is 0 Å². The van der Waals surface area contributed by atoms with Crippen molar-refractivity contribution in [3.63, 3.8) is 0 Å². The Labute approximate surface area is 107 Å². The Bertz CT molecular complexity index is 480. The number of tetrazole rings is 1. The standard InChI is InChI=1S/C13H19N5/c1-4-10(2)15-11(3)12-6-5-7-13(8-12)18-9-14-16-17-18/h5-11,15H,4H2,1-3H3. The van der Waals surface area contributed by atoms with Crippen LogP contribution >= 0.6 is 0 Å². The summed E-state index contributed by atoms with van der Waals surface area (Å²) in [6.07, 6.45) is 2.73. The van der Waals surface area contributed by atoms with E-state index in [4.69, 9.17) is 0 Å². The molecule has 2 rings (SSSR count). The van der Waals surface area contributed by atoms with Crippen molar-refractivity contribution in [1.82, 2.24) is 25.5 Å². The Hall–Kier alpha value is -1.75. The Morgan fingerprint density at radius 3 is 2.83 bits per heavy atom. The van der Waals surface area contributed by atoms with Crippen LogP contribution in [0.5, 0.6) is 0 Å². The normalized spacial score (nSPS) is 14.4. The van der Waals surface area contributed by atoms with Crippen molar-refractivity contribution in [2.45, 2.75) is 39.3 Å². The van der Waals surface area contributed by atoms with E-state index in [-0.39, 0.29) is 0 Å². The lowest BCUT2D eigenvalue weighted by atomic mass is 10.1. The molecule has 0 amide bonds. The molecule has 1 heterocycles. The van der Waals surface area contributed by atoms with E-state index in [0.29, 0.717) is 12.1 Å². The van der Waals surface area contributed by atoms with Gasteiger partial charge in [0.1, 0.15) is 6.33 Å². The Morgan fingerprint density at radius 1 is 1.33 bits per heavy atom. The third kappa shape index (κ3) is 2.92. The summed E-state index contributed by atoms with van der Waals surface area (Å²) in [6, 6.07) is 9.08. The van der Waals surface area contributed by atoms with E-state index in [2.05, 4.69) is 53.7 Å². The third-order valence-electron chi connectivity index (χ3n) is 3.13. The minimum absolute atomic E-state index is 0.316. The lowest BCUT2D eigenvalue weighted by Crippen LogP contribution is -2.28. The maximum absolute atomic E-state index is 3.90. The van der Waals surface area contributed by atoms with E-state index in [1.807, 2.05) is 12.1 Å². The minimum atomic E-state index is 0.316. The molecule has 0 aliphatic carbocycles. The van der Waals surface area contributed by atoms with Crippen molar-refractivity contribution < 1.29 is 0 Å². The van der Waals surface area contributed by atoms with Crippen LogP contribution in [0.3, 0.4) is 0 Å². The van der Waals surface area contributed by atoms with Crippen molar-refractivity contribution in [2.24, 2.45) is 0 Å². The molecule has 18 heavy (non-hydrogen) atoms. The number of nitrogens with one attached hydrogen (secondary N) is 1. The van der Waals surface area contributed by atoms with Gasteiger partial charge in [-0.1, -0.05) is 19.1 Å². The van der Waals surface area contributed by atoms with Gasteiger partial charge in [-0.05, 0) is 48.4 Å². The molecule has 0 radical (unpaired) electrons. The van der Waals surface area contributed by atoms with E-state index in [1.165, 1.54) is 5.56 Å². The molecule has 2 unspecified atom stereocenters. The molecule has 2 aromatic rings. The second-order valence-electron chi connectivity index (χ2n) is 4.55. The maximum atomic E-state index is 3.90. The van der Waals surface area contributed by atoms with Crippen molar-refractivity contribution >= 4 is 0 Å². The smallest absolute Gasteiger partial charge is 0.143 e. The fourth-order valence-electron chi connectivity index (χ4n) is 1.86. The van der Waals surface area contributed by atoms with Crippen LogP contribution in [0.4, 0.5) is 0 Å². The maximum Gasteiger partial charge on any atom is 0.143 e. The highest BCUT2D eigenvalue weighted by atomic mass is 15.5. The fraction of sp³-hybridized carbons (Fsp3) is 0.462. The van der Waals surface area contributed by atoms with Gasteiger partial charge in [-0.15, -0.1) is 5.10 Å². The van der Waals surface area contributed by atoms with Crippen molar-refractivity contribution in [3.8, 4) is 5.69 Å². The summed E-state index contributed by atoms with van der Waals surface area (Å²) >= 11 is 0. The SMILES string of the molecule is CCC(C)NC(C)c1cccc(-n2cnnn2)c1. The zero-order chi connectivity index (χ0) is 13.0. The molecule has 1 N–H and O–H groups in total. The van der Waals surface area contributed by atoms with E-state index in [9.17, 15) is 0 Å². The van der Waals surface area contributed by atoms with Crippen LogP contribution < -0.4 is 5.32 Å². The van der Waals surface area contributed by atoms with Crippen LogP contribution in [0.15, 0.2) is 30.6 Å². The van der Waals surface area contributed by atoms with Crippen LogP contribution in [0.2, 0.25) is 0 Å². The predicted octanol–water partition coefficient (Wildman–Crippen LogP) is 2.11. The topological polar surface area (TPSA) is 55.6 Å². The van der Waals surface area contributed by atoms with Gasteiger partial charge in [-0.25, -0.2) is 4.68 Å². The summed E-state index contributed by atoms with van der Waals surface area (Å²) in [5.41, 5.74) is 2.22. The van der Waals surface area contributed by atoms with Gasteiger partial charge >= 0.3 is 0 Å². The predicted molar refractivity (Wildman–Crippen MR) is 70.5 cm³/mol. The van der Waals surface area contributed by atoms with Crippen molar-refractivity contribution in [2.75, 3.05) is 0 Å². The largest absolute Gasteiger partial charge is 0.308 e. The molecule has 0 aliphatic rings. The fourth-order valence-corrected chi connectivity index (χ4v) is 1.86. The zero-order valence-electron chi connectivity index (χ0n) is 11.0. The molecule has 0 spiro atoms. The second kappa shape index (κ2) is 5.73. The molecule has 96 valence electrons. The minimum Gasteiger partial charge on any atom is -0.308 e. The van der Waals surface area contributed by atoms with Gasteiger partial charge < -0.3 is 5.32 Å². The first-order valence-corrected chi connectivity index (χ1v) is 6.30. The highest BCUT2D eigenvalue weighted by molar-refractivity contribution is 5.35. The van der Waals surface area contributed by atoms with Crippen LogP contribution in [0, 0.1) is 0 Å². The highest BCUT2D eigenvalue weighted by Gasteiger charge is 2.09. The quantitative estimate of drug-likeness (QED) is 0.876. The summed E-state index contributed by atoms with van der Waals surface area (Å²) in [4.78, 5) is 0. The van der Waals surface area contributed by atoms with E-state index >= 15 is 0 Å². The van der Waals surface area contributed by atoms with Crippen molar-refractivity contribution in [3.05, 3.63) is 36.2 Å². The molecule has 5 nitrogen and oxygen atoms in total. The van der Waals surface area contributed by atoms with Gasteiger partial charge in [-0.3, -0.25) is 0 Å². The van der Waals surface area contributed by atoms with E-state index < -0.39 is 0 Å². The third-order valence-corrected chi connectivity index (χ3v) is 3.13. The second-order valence-corrected chi connectivity index (χ2v) is 4.55. The highest BCUT2D eigenvalue weighted by Crippen LogP contribution is 2.16. The number of rotatable bonds is 5. The Morgan fingerprint density at radius 2 is 2.17 bits per heavy atom. The monoisotopic (exact) mass is 245 g/mol. The van der Waals surface area contributed by atoms with Gasteiger partial charge in [0.2, 0.25) is 0 Å². The number of aromatic nitrogens is 4. The average Bonchev–Trinajstić information content (AvgIpc) is 2.92. The first kappa shape index (κ1) is 12.7. The molecule has 2 atom stereocenters. The van der Waals surface area contributed by atoms with Gasteiger partial charge in [0.05, 0.1) is 5.69 Å². The molecular weight excluding hydrogens is 226 g/mol. The van der Waals surface area contributed by atoms with E-state index in [0.717, 1.165) is 12.1 Å². The summed E-state index contributed by atoms with van der Waals surface area (Å²) in [5, 5.41) is 14.8. The first-order valence-electron chi connectivity index (χ1n) is 6.30. The zero-order valence-corrected chi connectivity index (χ0v) is 11.0. The Balaban J connectivity index is 2.17. The molecular formula is C13H19N5. The van der Waals surface area contributed by atoms with Crippen LogP contribution in [-0.4, -0.2) is 26.2 Å². The lowest BCUT2D eigenvalue weighted by molar-refractivity contribution is 0.469. The molecule has 0 fully saturated rings. The molecule has 0 saturated heterocycles. The molecule has 0 saturated carbocycles. The van der Waals surface area contributed by atoms with Crippen molar-refractivity contribution in [1.29, 1.82) is 0 Å². The summed E-state index contributed by atoms with van der Waals surface area (Å²) in [5.74, 6) is 0. The van der Waals surface area contributed by atoms with Crippen LogP contribution in [0.25, 0.3) is 5.69 Å². The number of benzene rings is 1. The van der Waals surface area contributed by atoms with Gasteiger partial charge in [0, 0.05) is 12.1 Å². The van der Waals surface area contributed by atoms with Crippen LogP contribution in [0.1, 0.15) is 38.8 Å². The molecule has 1 aromatic carbocycles. The molecule has 5 heteroatoms. The number of nitrogens with zero attached hydrogens (tertiary/aromatic N) is 4.